The Hall–Kier alpha value is -2.00. The zero-order valence-electron chi connectivity index (χ0n) is 11.9. The summed E-state index contributed by atoms with van der Waals surface area (Å²) >= 11 is 0. The maximum atomic E-state index is 6.58. The fraction of sp³-hybridized carbons (Fsp3) is 0.333. The van der Waals surface area contributed by atoms with Gasteiger partial charge in [-0.25, -0.2) is 0 Å². The monoisotopic (exact) mass is 281 g/mol. The lowest BCUT2D eigenvalue weighted by atomic mass is 9.84. The van der Waals surface area contributed by atoms with Crippen molar-refractivity contribution >= 4 is 0 Å². The number of nitrogens with two attached hydrogens (primary N) is 1. The smallest absolute Gasteiger partial charge is 0.123 e. The molecule has 2 N–H and O–H groups in total. The van der Waals surface area contributed by atoms with Crippen LogP contribution in [0.2, 0.25) is 0 Å². The van der Waals surface area contributed by atoms with Crippen LogP contribution in [0.4, 0.5) is 0 Å². The molecule has 108 valence electrons. The molecule has 3 heteroatoms. The van der Waals surface area contributed by atoms with Crippen LogP contribution in [-0.4, -0.2) is 18.2 Å². The molecule has 2 unspecified atom stereocenters. The minimum Gasteiger partial charge on any atom is -0.491 e. The summed E-state index contributed by atoms with van der Waals surface area (Å²) in [5.74, 6) is 1.97. The standard InChI is InChI=1S/C18H19NO2/c19-18(10-14-6-2-3-7-16(14)20-12-18)11-15-9-13-5-1-4-8-17(13)21-15/h1-8,15H,9-12,19H2. The molecule has 2 aromatic rings. The summed E-state index contributed by atoms with van der Waals surface area (Å²) in [6.45, 7) is 0.556. The third kappa shape index (κ3) is 2.38. The summed E-state index contributed by atoms with van der Waals surface area (Å²) in [6.07, 6.45) is 2.76. The number of hydrogen-bond acceptors (Lipinski definition) is 3. The number of para-hydroxylation sites is 2. The van der Waals surface area contributed by atoms with E-state index in [4.69, 9.17) is 15.2 Å². The van der Waals surface area contributed by atoms with Gasteiger partial charge >= 0.3 is 0 Å². The van der Waals surface area contributed by atoms with Crippen molar-refractivity contribution in [2.75, 3.05) is 6.61 Å². The molecule has 0 saturated carbocycles. The number of fused-ring (bicyclic) bond motifs is 2. The highest BCUT2D eigenvalue weighted by molar-refractivity contribution is 5.39. The maximum absolute atomic E-state index is 6.58. The van der Waals surface area contributed by atoms with Gasteiger partial charge in [-0.15, -0.1) is 0 Å². The molecule has 0 spiro atoms. The average Bonchev–Trinajstić information content (AvgIpc) is 2.88. The van der Waals surface area contributed by atoms with E-state index in [0.717, 1.165) is 30.8 Å². The highest BCUT2D eigenvalue weighted by Crippen LogP contribution is 2.35. The van der Waals surface area contributed by atoms with Crippen molar-refractivity contribution in [3.63, 3.8) is 0 Å². The van der Waals surface area contributed by atoms with Crippen LogP contribution in [0.25, 0.3) is 0 Å². The summed E-state index contributed by atoms with van der Waals surface area (Å²) in [7, 11) is 0. The fourth-order valence-corrected chi connectivity index (χ4v) is 3.39. The quantitative estimate of drug-likeness (QED) is 0.920. The Bertz CT molecular complexity index is 645. The molecule has 21 heavy (non-hydrogen) atoms. The molecule has 0 fully saturated rings. The second-order valence-corrected chi connectivity index (χ2v) is 6.19. The maximum Gasteiger partial charge on any atom is 0.123 e. The lowest BCUT2D eigenvalue weighted by Crippen LogP contribution is -2.52. The van der Waals surface area contributed by atoms with Gasteiger partial charge in [0.05, 0.1) is 5.54 Å². The number of ether oxygens (including phenoxy) is 2. The Morgan fingerprint density at radius 2 is 1.71 bits per heavy atom. The minimum atomic E-state index is -0.346. The van der Waals surface area contributed by atoms with E-state index in [2.05, 4.69) is 18.2 Å². The molecule has 2 heterocycles. The van der Waals surface area contributed by atoms with Gasteiger partial charge in [-0.1, -0.05) is 36.4 Å². The molecule has 3 nitrogen and oxygen atoms in total. The number of hydrogen-bond donors (Lipinski definition) is 1. The van der Waals surface area contributed by atoms with Crippen molar-refractivity contribution in [2.45, 2.75) is 30.9 Å². The molecule has 4 rings (SSSR count). The van der Waals surface area contributed by atoms with Crippen LogP contribution in [-0.2, 0) is 12.8 Å². The molecule has 2 aromatic carbocycles. The molecule has 2 aliphatic heterocycles. The van der Waals surface area contributed by atoms with Gasteiger partial charge in [0, 0.05) is 12.8 Å². The summed E-state index contributed by atoms with van der Waals surface area (Å²) in [4.78, 5) is 0. The Morgan fingerprint density at radius 3 is 2.52 bits per heavy atom. The van der Waals surface area contributed by atoms with Crippen molar-refractivity contribution < 1.29 is 9.47 Å². The highest BCUT2D eigenvalue weighted by Gasteiger charge is 2.37. The number of rotatable bonds is 2. The van der Waals surface area contributed by atoms with Crippen LogP contribution in [0.1, 0.15) is 17.5 Å². The van der Waals surface area contributed by atoms with E-state index in [9.17, 15) is 0 Å². The first-order chi connectivity index (χ1) is 10.2. The SMILES string of the molecule is NC1(CC2Cc3ccccc3O2)COc2ccccc2C1. The second-order valence-electron chi connectivity index (χ2n) is 6.19. The van der Waals surface area contributed by atoms with Crippen LogP contribution in [0.15, 0.2) is 48.5 Å². The van der Waals surface area contributed by atoms with Gasteiger partial charge in [0.2, 0.25) is 0 Å². The average molecular weight is 281 g/mol. The van der Waals surface area contributed by atoms with Crippen molar-refractivity contribution in [1.82, 2.24) is 0 Å². The fourth-order valence-electron chi connectivity index (χ4n) is 3.39. The third-order valence-corrected chi connectivity index (χ3v) is 4.38. The van der Waals surface area contributed by atoms with Crippen LogP contribution in [0, 0.1) is 0 Å². The first kappa shape index (κ1) is 12.7. The molecule has 0 bridgehead atoms. The van der Waals surface area contributed by atoms with E-state index in [1.54, 1.807) is 0 Å². The molecule has 0 radical (unpaired) electrons. The molecular weight excluding hydrogens is 262 g/mol. The summed E-state index contributed by atoms with van der Waals surface area (Å²) in [6, 6.07) is 16.4. The zero-order valence-corrected chi connectivity index (χ0v) is 11.9. The van der Waals surface area contributed by atoms with Gasteiger partial charge in [-0.05, 0) is 29.7 Å². The first-order valence-corrected chi connectivity index (χ1v) is 7.46. The predicted molar refractivity (Wildman–Crippen MR) is 81.7 cm³/mol. The van der Waals surface area contributed by atoms with Crippen molar-refractivity contribution in [3.8, 4) is 11.5 Å². The van der Waals surface area contributed by atoms with E-state index < -0.39 is 0 Å². The normalized spacial score (nSPS) is 26.4. The first-order valence-electron chi connectivity index (χ1n) is 7.46. The molecule has 0 aromatic heterocycles. The van der Waals surface area contributed by atoms with Crippen LogP contribution in [0.5, 0.6) is 11.5 Å². The molecule has 0 saturated heterocycles. The van der Waals surface area contributed by atoms with Gasteiger partial charge in [-0.2, -0.15) is 0 Å². The Morgan fingerprint density at radius 1 is 1.00 bits per heavy atom. The minimum absolute atomic E-state index is 0.154. The van der Waals surface area contributed by atoms with Gasteiger partial charge in [0.1, 0.15) is 24.2 Å². The predicted octanol–water partition coefficient (Wildman–Crippen LogP) is 2.71. The van der Waals surface area contributed by atoms with Crippen molar-refractivity contribution in [3.05, 3.63) is 59.7 Å². The summed E-state index contributed by atoms with van der Waals surface area (Å²) in [5.41, 5.74) is 8.71. The van der Waals surface area contributed by atoms with E-state index in [-0.39, 0.29) is 11.6 Å². The Labute approximate surface area is 124 Å². The highest BCUT2D eigenvalue weighted by atomic mass is 16.5. The molecule has 2 aliphatic rings. The Balaban J connectivity index is 1.49. The lowest BCUT2D eigenvalue weighted by Gasteiger charge is -2.36. The van der Waals surface area contributed by atoms with E-state index in [0.29, 0.717) is 6.61 Å². The van der Waals surface area contributed by atoms with E-state index in [1.807, 2.05) is 30.3 Å². The van der Waals surface area contributed by atoms with Crippen molar-refractivity contribution in [1.29, 1.82) is 0 Å². The third-order valence-electron chi connectivity index (χ3n) is 4.38. The van der Waals surface area contributed by atoms with E-state index >= 15 is 0 Å². The molecule has 0 aliphatic carbocycles. The lowest BCUT2D eigenvalue weighted by molar-refractivity contribution is 0.124. The molecule has 0 amide bonds. The van der Waals surface area contributed by atoms with Crippen LogP contribution >= 0.6 is 0 Å². The largest absolute Gasteiger partial charge is 0.491 e. The molecular formula is C18H19NO2. The number of benzene rings is 2. The summed E-state index contributed by atoms with van der Waals surface area (Å²) < 4.78 is 11.9. The molecule has 2 atom stereocenters. The van der Waals surface area contributed by atoms with Gasteiger partial charge < -0.3 is 15.2 Å². The second kappa shape index (κ2) is 4.78. The topological polar surface area (TPSA) is 44.5 Å². The van der Waals surface area contributed by atoms with E-state index in [1.165, 1.54) is 11.1 Å². The zero-order chi connectivity index (χ0) is 14.3. The van der Waals surface area contributed by atoms with Crippen LogP contribution in [0.3, 0.4) is 0 Å². The van der Waals surface area contributed by atoms with Crippen molar-refractivity contribution in [2.24, 2.45) is 5.73 Å². The Kier molecular flexibility index (Phi) is 2.89. The van der Waals surface area contributed by atoms with Gasteiger partial charge in [-0.3, -0.25) is 0 Å². The van der Waals surface area contributed by atoms with Crippen LogP contribution < -0.4 is 15.2 Å². The van der Waals surface area contributed by atoms with Gasteiger partial charge in [0.15, 0.2) is 0 Å². The summed E-state index contributed by atoms with van der Waals surface area (Å²) in [5, 5.41) is 0. The van der Waals surface area contributed by atoms with Gasteiger partial charge in [0.25, 0.3) is 0 Å².